The van der Waals surface area contributed by atoms with Crippen molar-refractivity contribution < 1.29 is 13.2 Å². The van der Waals surface area contributed by atoms with Crippen LogP contribution in [0.5, 0.6) is 0 Å². The Morgan fingerprint density at radius 1 is 1.10 bits per heavy atom. The second-order valence-corrected chi connectivity index (χ2v) is 10.4. The van der Waals surface area contributed by atoms with Gasteiger partial charge in [-0.2, -0.15) is 8.42 Å². The minimum atomic E-state index is -3.75. The first-order valence-electron chi connectivity index (χ1n) is 11.0. The van der Waals surface area contributed by atoms with E-state index in [4.69, 9.17) is 0 Å². The van der Waals surface area contributed by atoms with E-state index in [1.807, 2.05) is 48.8 Å². The first-order chi connectivity index (χ1) is 14.6. The van der Waals surface area contributed by atoms with Gasteiger partial charge in [-0.15, -0.1) is 4.40 Å². The zero-order valence-electron chi connectivity index (χ0n) is 19.2. The number of hydrogen-bond donors (Lipinski definition) is 1. The molecule has 0 saturated carbocycles. The maximum atomic E-state index is 12.9. The van der Waals surface area contributed by atoms with Crippen molar-refractivity contribution in [2.24, 2.45) is 10.3 Å². The molecule has 1 fully saturated rings. The zero-order chi connectivity index (χ0) is 22.8. The molecule has 2 amide bonds. The van der Waals surface area contributed by atoms with E-state index in [-0.39, 0.29) is 10.9 Å². The van der Waals surface area contributed by atoms with Crippen molar-refractivity contribution in [3.63, 3.8) is 0 Å². The minimum Gasteiger partial charge on any atom is -0.354 e. The SMILES string of the molecule is CC1=C(c2ccc(C)c(C)c2)S(=O)(=O)N=C1N1CCCN(C(=O)NCCC(C)C)CC1. The lowest BCUT2D eigenvalue weighted by Gasteiger charge is -2.24. The summed E-state index contributed by atoms with van der Waals surface area (Å²) >= 11 is 0. The van der Waals surface area contributed by atoms with Crippen LogP contribution in [-0.4, -0.2) is 62.8 Å². The van der Waals surface area contributed by atoms with Gasteiger partial charge in [0.2, 0.25) is 0 Å². The summed E-state index contributed by atoms with van der Waals surface area (Å²) < 4.78 is 30.0. The number of nitrogens with one attached hydrogen (secondary N) is 1. The van der Waals surface area contributed by atoms with E-state index in [9.17, 15) is 13.2 Å². The number of rotatable bonds is 4. The van der Waals surface area contributed by atoms with Crippen molar-refractivity contribution in [1.82, 2.24) is 15.1 Å². The Bertz CT molecular complexity index is 1010. The number of benzene rings is 1. The zero-order valence-corrected chi connectivity index (χ0v) is 20.1. The molecule has 0 bridgehead atoms. The maximum absolute atomic E-state index is 12.9. The van der Waals surface area contributed by atoms with E-state index in [0.29, 0.717) is 55.6 Å². The smallest absolute Gasteiger partial charge is 0.317 e. The summed E-state index contributed by atoms with van der Waals surface area (Å²) in [7, 11) is -3.75. The molecule has 1 aromatic carbocycles. The molecule has 2 aliphatic heterocycles. The predicted octanol–water partition coefficient (Wildman–Crippen LogP) is 3.54. The number of urea groups is 1. The molecule has 3 rings (SSSR count). The van der Waals surface area contributed by atoms with Crippen LogP contribution in [0, 0.1) is 19.8 Å². The van der Waals surface area contributed by atoms with E-state index in [1.54, 1.807) is 0 Å². The van der Waals surface area contributed by atoms with Gasteiger partial charge in [0.25, 0.3) is 10.0 Å². The number of sulfonamides is 1. The van der Waals surface area contributed by atoms with Crippen molar-refractivity contribution in [2.45, 2.75) is 47.5 Å². The van der Waals surface area contributed by atoms with Crippen LogP contribution in [0.4, 0.5) is 4.79 Å². The maximum Gasteiger partial charge on any atom is 0.317 e. The summed E-state index contributed by atoms with van der Waals surface area (Å²) in [4.78, 5) is 16.6. The second kappa shape index (κ2) is 9.42. The van der Waals surface area contributed by atoms with Gasteiger partial charge in [-0.25, -0.2) is 4.79 Å². The van der Waals surface area contributed by atoms with Crippen LogP contribution in [0.3, 0.4) is 0 Å². The number of hydrogen-bond acceptors (Lipinski definition) is 4. The molecule has 0 aliphatic carbocycles. The van der Waals surface area contributed by atoms with Gasteiger partial charge in [0.1, 0.15) is 10.7 Å². The Kier molecular flexibility index (Phi) is 7.09. The fraction of sp³-hybridized carbons (Fsp3) is 0.565. The molecule has 1 aromatic rings. The summed E-state index contributed by atoms with van der Waals surface area (Å²) in [6, 6.07) is 5.66. The highest BCUT2D eigenvalue weighted by Gasteiger charge is 2.34. The average Bonchev–Trinajstić information content (AvgIpc) is 2.85. The molecule has 0 unspecified atom stereocenters. The van der Waals surface area contributed by atoms with E-state index in [2.05, 4.69) is 23.6 Å². The summed E-state index contributed by atoms with van der Waals surface area (Å²) in [5.74, 6) is 1.05. The molecule has 7 nitrogen and oxygen atoms in total. The lowest BCUT2D eigenvalue weighted by atomic mass is 10.0. The summed E-state index contributed by atoms with van der Waals surface area (Å²) in [6.45, 7) is 13.2. The summed E-state index contributed by atoms with van der Waals surface area (Å²) in [6.07, 6.45) is 1.72. The lowest BCUT2D eigenvalue weighted by molar-refractivity contribution is 0.200. The third-order valence-electron chi connectivity index (χ3n) is 5.99. The van der Waals surface area contributed by atoms with Gasteiger partial charge in [-0.1, -0.05) is 32.0 Å². The largest absolute Gasteiger partial charge is 0.354 e. The molecule has 170 valence electrons. The third kappa shape index (κ3) is 5.29. The van der Waals surface area contributed by atoms with Crippen LogP contribution < -0.4 is 5.32 Å². The third-order valence-corrected chi connectivity index (χ3v) is 7.46. The van der Waals surface area contributed by atoms with Crippen LogP contribution in [0.15, 0.2) is 28.2 Å². The molecular formula is C23H34N4O3S. The molecule has 0 aromatic heterocycles. The standard InChI is InChI=1S/C23H34N4O3S/c1-16(2)9-10-24-23(28)27-12-6-11-26(13-14-27)22-19(5)21(31(29,30)25-22)20-8-7-17(3)18(4)15-20/h7-8,15-16H,6,9-14H2,1-5H3,(H,24,28). The normalized spacial score (nSPS) is 19.0. The number of aryl methyl sites for hydroxylation is 2. The lowest BCUT2D eigenvalue weighted by Crippen LogP contribution is -2.43. The number of carbonyl (C=O) groups is 1. The first kappa shape index (κ1) is 23.3. The number of amidine groups is 1. The van der Waals surface area contributed by atoms with E-state index in [1.165, 1.54) is 0 Å². The molecule has 2 aliphatic rings. The Labute approximate surface area is 186 Å². The van der Waals surface area contributed by atoms with E-state index < -0.39 is 10.0 Å². The topological polar surface area (TPSA) is 82.1 Å². The molecule has 8 heteroatoms. The second-order valence-electron chi connectivity index (χ2n) is 8.89. The van der Waals surface area contributed by atoms with Crippen LogP contribution >= 0.6 is 0 Å². The number of amides is 2. The Morgan fingerprint density at radius 2 is 1.84 bits per heavy atom. The van der Waals surface area contributed by atoms with Gasteiger partial charge in [-0.3, -0.25) is 0 Å². The molecule has 1 N–H and O–H groups in total. The first-order valence-corrected chi connectivity index (χ1v) is 12.5. The van der Waals surface area contributed by atoms with Crippen molar-refractivity contribution in [3.8, 4) is 0 Å². The highest BCUT2D eigenvalue weighted by Crippen LogP contribution is 2.34. The fourth-order valence-corrected chi connectivity index (χ4v) is 5.45. The quantitative estimate of drug-likeness (QED) is 0.767. The minimum absolute atomic E-state index is 0.0495. The van der Waals surface area contributed by atoms with Gasteiger partial charge < -0.3 is 15.1 Å². The molecule has 31 heavy (non-hydrogen) atoms. The number of carbonyl (C=O) groups excluding carboxylic acids is 1. The molecule has 2 heterocycles. The highest BCUT2D eigenvalue weighted by molar-refractivity contribution is 8.00. The molecule has 0 radical (unpaired) electrons. The van der Waals surface area contributed by atoms with Gasteiger partial charge in [0, 0.05) is 38.3 Å². The molecule has 1 saturated heterocycles. The van der Waals surface area contributed by atoms with E-state index in [0.717, 1.165) is 24.0 Å². The fourth-order valence-electron chi connectivity index (χ4n) is 3.98. The summed E-state index contributed by atoms with van der Waals surface area (Å²) in [5, 5.41) is 2.99. The van der Waals surface area contributed by atoms with E-state index >= 15 is 0 Å². The highest BCUT2D eigenvalue weighted by atomic mass is 32.2. The monoisotopic (exact) mass is 446 g/mol. The van der Waals surface area contributed by atoms with Gasteiger partial charge in [0.05, 0.1) is 0 Å². The van der Waals surface area contributed by atoms with Gasteiger partial charge >= 0.3 is 6.03 Å². The van der Waals surface area contributed by atoms with Crippen LogP contribution in [0.25, 0.3) is 4.91 Å². The van der Waals surface area contributed by atoms with Crippen LogP contribution in [0.2, 0.25) is 0 Å². The van der Waals surface area contributed by atoms with Crippen LogP contribution in [-0.2, 0) is 10.0 Å². The molecular weight excluding hydrogens is 412 g/mol. The van der Waals surface area contributed by atoms with Gasteiger partial charge in [0.15, 0.2) is 0 Å². The number of nitrogens with zero attached hydrogens (tertiary/aromatic N) is 3. The van der Waals surface area contributed by atoms with Crippen LogP contribution in [0.1, 0.15) is 50.3 Å². The molecule has 0 spiro atoms. The van der Waals surface area contributed by atoms with Crippen molar-refractivity contribution in [2.75, 3.05) is 32.7 Å². The van der Waals surface area contributed by atoms with Crippen molar-refractivity contribution in [1.29, 1.82) is 0 Å². The predicted molar refractivity (Wildman–Crippen MR) is 125 cm³/mol. The Balaban J connectivity index is 1.75. The summed E-state index contributed by atoms with van der Waals surface area (Å²) in [5.41, 5.74) is 3.53. The average molecular weight is 447 g/mol. The van der Waals surface area contributed by atoms with Crippen molar-refractivity contribution in [3.05, 3.63) is 40.5 Å². The van der Waals surface area contributed by atoms with Crippen molar-refractivity contribution >= 4 is 26.8 Å². The Hall–Kier alpha value is -2.35. The Morgan fingerprint density at radius 3 is 2.52 bits per heavy atom. The molecule has 0 atom stereocenters. The van der Waals surface area contributed by atoms with Gasteiger partial charge in [-0.05, 0) is 56.2 Å².